The summed E-state index contributed by atoms with van der Waals surface area (Å²) < 4.78 is 44.9. The lowest BCUT2D eigenvalue weighted by atomic mass is 9.97. The number of alkyl halides is 3. The van der Waals surface area contributed by atoms with Gasteiger partial charge in [-0.2, -0.15) is 18.3 Å². The first-order chi connectivity index (χ1) is 18.3. The highest BCUT2D eigenvalue weighted by Crippen LogP contribution is 2.39. The Morgan fingerprint density at radius 1 is 1.05 bits per heavy atom. The fraction of sp³-hybridized carbons (Fsp3) is 0.577. The number of halogens is 3. The smallest absolute Gasteiger partial charge is 0.379 e. The van der Waals surface area contributed by atoms with Crippen LogP contribution < -0.4 is 10.6 Å². The summed E-state index contributed by atoms with van der Waals surface area (Å²) >= 11 is 0. The fourth-order valence-corrected chi connectivity index (χ4v) is 6.08. The molecule has 0 aromatic carbocycles. The minimum Gasteiger partial charge on any atom is -0.379 e. The zero-order chi connectivity index (χ0) is 26.3. The number of pyridine rings is 2. The fourth-order valence-electron chi connectivity index (χ4n) is 6.08. The van der Waals surface area contributed by atoms with Gasteiger partial charge in [-0.25, -0.2) is 4.98 Å². The van der Waals surface area contributed by atoms with Gasteiger partial charge in [-0.1, -0.05) is 0 Å². The van der Waals surface area contributed by atoms with Crippen molar-refractivity contribution in [2.45, 2.75) is 63.5 Å². The van der Waals surface area contributed by atoms with E-state index in [0.717, 1.165) is 68.0 Å². The Hall–Kier alpha value is -2.96. The van der Waals surface area contributed by atoms with Crippen molar-refractivity contribution < 1.29 is 17.9 Å². The first kappa shape index (κ1) is 25.3. The maximum absolute atomic E-state index is 13.1. The maximum Gasteiger partial charge on any atom is 0.401 e. The number of morpholine rings is 1. The summed E-state index contributed by atoms with van der Waals surface area (Å²) in [4.78, 5) is 13.8. The molecule has 12 heteroatoms. The summed E-state index contributed by atoms with van der Waals surface area (Å²) in [5.74, 6) is 1.96. The van der Waals surface area contributed by atoms with Crippen molar-refractivity contribution in [1.29, 1.82) is 0 Å². The molecule has 204 valence electrons. The summed E-state index contributed by atoms with van der Waals surface area (Å²) in [6.45, 7) is 5.06. The lowest BCUT2D eigenvalue weighted by molar-refractivity contribution is -0.155. The van der Waals surface area contributed by atoms with E-state index in [-0.39, 0.29) is 18.1 Å². The van der Waals surface area contributed by atoms with Crippen LogP contribution in [0.15, 0.2) is 24.3 Å². The Labute approximate surface area is 219 Å². The predicted molar refractivity (Wildman–Crippen MR) is 138 cm³/mol. The molecule has 3 aliphatic heterocycles. The van der Waals surface area contributed by atoms with E-state index in [0.29, 0.717) is 30.3 Å². The number of nitrogens with one attached hydrogen (secondary N) is 3. The third-order valence-corrected chi connectivity index (χ3v) is 7.78. The van der Waals surface area contributed by atoms with Crippen molar-refractivity contribution in [1.82, 2.24) is 30.0 Å². The van der Waals surface area contributed by atoms with E-state index >= 15 is 0 Å². The number of H-pyrrole nitrogens is 1. The quantitative estimate of drug-likeness (QED) is 0.419. The van der Waals surface area contributed by atoms with Crippen LogP contribution in [-0.2, 0) is 11.3 Å². The number of piperidine rings is 1. The van der Waals surface area contributed by atoms with Crippen LogP contribution in [0.2, 0.25) is 0 Å². The van der Waals surface area contributed by atoms with E-state index in [1.165, 1.54) is 0 Å². The molecule has 0 radical (unpaired) electrons. The third kappa shape index (κ3) is 5.71. The summed E-state index contributed by atoms with van der Waals surface area (Å²) in [6.07, 6.45) is -1.24. The molecule has 3 aliphatic rings. The molecule has 0 saturated carbocycles. The van der Waals surface area contributed by atoms with Gasteiger partial charge in [0.15, 0.2) is 5.82 Å². The van der Waals surface area contributed by atoms with Crippen LogP contribution in [0.25, 0.3) is 10.9 Å². The molecule has 3 aromatic rings. The van der Waals surface area contributed by atoms with Gasteiger partial charge in [-0.15, -0.1) is 0 Å². The number of aromatic amines is 1. The number of nitrogens with zero attached hydrogens (tertiary/aromatic N) is 5. The van der Waals surface area contributed by atoms with Crippen molar-refractivity contribution in [2.75, 3.05) is 43.5 Å². The molecule has 0 aliphatic carbocycles. The van der Waals surface area contributed by atoms with Crippen molar-refractivity contribution in [3.05, 3.63) is 35.7 Å². The first-order valence-electron chi connectivity index (χ1n) is 13.3. The van der Waals surface area contributed by atoms with E-state index in [4.69, 9.17) is 14.7 Å². The summed E-state index contributed by atoms with van der Waals surface area (Å²) in [7, 11) is 0. The molecule has 6 rings (SSSR count). The minimum atomic E-state index is -4.17. The van der Waals surface area contributed by atoms with Gasteiger partial charge >= 0.3 is 6.18 Å². The maximum atomic E-state index is 13.1. The summed E-state index contributed by atoms with van der Waals surface area (Å²) in [5, 5.41) is 14.9. The molecule has 3 atom stereocenters. The van der Waals surface area contributed by atoms with Crippen LogP contribution in [0.5, 0.6) is 0 Å². The average Bonchev–Trinajstić information content (AvgIpc) is 3.36. The minimum absolute atomic E-state index is 0.0450. The van der Waals surface area contributed by atoms with Gasteiger partial charge in [0.25, 0.3) is 0 Å². The molecule has 0 amide bonds. The average molecular weight is 531 g/mol. The molecule has 38 heavy (non-hydrogen) atoms. The summed E-state index contributed by atoms with van der Waals surface area (Å²) in [5.41, 5.74) is 2.70. The van der Waals surface area contributed by atoms with Gasteiger partial charge in [-0.05, 0) is 44.7 Å². The van der Waals surface area contributed by atoms with E-state index in [1.54, 1.807) is 4.90 Å². The number of rotatable bonds is 7. The molecule has 9 nitrogen and oxygen atoms in total. The zero-order valence-corrected chi connectivity index (χ0v) is 21.4. The molecule has 2 bridgehead atoms. The van der Waals surface area contributed by atoms with Crippen molar-refractivity contribution in [2.24, 2.45) is 0 Å². The van der Waals surface area contributed by atoms with Gasteiger partial charge in [0.1, 0.15) is 11.6 Å². The van der Waals surface area contributed by atoms with Crippen LogP contribution in [0.1, 0.15) is 37.1 Å². The molecule has 3 saturated heterocycles. The number of fused-ring (bicyclic) bond motifs is 3. The van der Waals surface area contributed by atoms with Crippen LogP contribution >= 0.6 is 0 Å². The molecule has 1 unspecified atom stereocenters. The molecule has 0 spiro atoms. The van der Waals surface area contributed by atoms with Crippen molar-refractivity contribution in [3.63, 3.8) is 0 Å². The number of anilines is 3. The highest BCUT2D eigenvalue weighted by atomic mass is 19.4. The first-order valence-corrected chi connectivity index (χ1v) is 13.3. The highest BCUT2D eigenvalue weighted by molar-refractivity contribution is 5.91. The standard InChI is InChI=1S/C26H33F3N8O/c1-16-10-24(35-34-16)32-23-13-22-21(5-2-17(30-22)14-36-6-8-38-9-7-36)25(33-23)31-18-11-19-3-4-20(12-18)37(19)15-26(27,28)29/h2,5,10,13,18-20H,3-4,6-9,11-12,14-15H2,1H3,(H3,31,32,33,34,35)/t18?,19-,20+. The predicted octanol–water partition coefficient (Wildman–Crippen LogP) is 4.21. The van der Waals surface area contributed by atoms with E-state index in [9.17, 15) is 13.2 Å². The van der Waals surface area contributed by atoms with Gasteiger partial charge in [0, 0.05) is 61.0 Å². The van der Waals surface area contributed by atoms with Gasteiger partial charge in [0.2, 0.25) is 0 Å². The molecular formula is C26H33F3N8O. The molecule has 3 N–H and O–H groups in total. The van der Waals surface area contributed by atoms with Crippen LogP contribution in [0.3, 0.4) is 0 Å². The number of hydrogen-bond acceptors (Lipinski definition) is 8. The van der Waals surface area contributed by atoms with Gasteiger partial charge < -0.3 is 15.4 Å². The van der Waals surface area contributed by atoms with E-state index < -0.39 is 12.7 Å². The Morgan fingerprint density at radius 3 is 2.50 bits per heavy atom. The Balaban J connectivity index is 1.26. The highest BCUT2D eigenvalue weighted by Gasteiger charge is 2.45. The lowest BCUT2D eigenvalue weighted by Crippen LogP contribution is -2.50. The number of aromatic nitrogens is 4. The van der Waals surface area contributed by atoms with Crippen LogP contribution in [0, 0.1) is 6.92 Å². The molecule has 3 aromatic heterocycles. The molecule has 6 heterocycles. The molecular weight excluding hydrogens is 497 g/mol. The normalized spacial score (nSPS) is 24.7. The van der Waals surface area contributed by atoms with Crippen molar-refractivity contribution in [3.8, 4) is 0 Å². The number of ether oxygens (including phenoxy) is 1. The monoisotopic (exact) mass is 530 g/mol. The van der Waals surface area contributed by atoms with Gasteiger partial charge in [-0.3, -0.25) is 19.9 Å². The topological polar surface area (TPSA) is 94.2 Å². The second-order valence-electron chi connectivity index (χ2n) is 10.7. The van der Waals surface area contributed by atoms with Crippen molar-refractivity contribution >= 4 is 28.4 Å². The number of hydrogen-bond donors (Lipinski definition) is 3. The van der Waals surface area contributed by atoms with E-state index in [1.807, 2.05) is 31.2 Å². The van der Waals surface area contributed by atoms with E-state index in [2.05, 4.69) is 25.7 Å². The Bertz CT molecular complexity index is 1260. The summed E-state index contributed by atoms with van der Waals surface area (Å²) in [6, 6.07) is 7.81. The third-order valence-electron chi connectivity index (χ3n) is 7.78. The van der Waals surface area contributed by atoms with Crippen LogP contribution in [0.4, 0.5) is 30.6 Å². The number of aryl methyl sites for hydroxylation is 1. The lowest BCUT2D eigenvalue weighted by Gasteiger charge is -2.39. The van der Waals surface area contributed by atoms with Crippen LogP contribution in [-0.4, -0.2) is 87.1 Å². The largest absolute Gasteiger partial charge is 0.401 e. The molecule has 3 fully saturated rings. The van der Waals surface area contributed by atoms with Gasteiger partial charge in [0.05, 0.1) is 31.0 Å². The second-order valence-corrected chi connectivity index (χ2v) is 10.7. The zero-order valence-electron chi connectivity index (χ0n) is 21.4. The SMILES string of the molecule is Cc1cc(Nc2cc3nc(CN4CCOCC4)ccc3c(NC3C[C@H]4CC[C@@H](C3)N4CC(F)(F)F)n2)n[nH]1. The Kier molecular flexibility index (Phi) is 6.87. The second kappa shape index (κ2) is 10.3. The Morgan fingerprint density at radius 2 is 1.82 bits per heavy atom.